The summed E-state index contributed by atoms with van der Waals surface area (Å²) < 4.78 is 17.8. The summed E-state index contributed by atoms with van der Waals surface area (Å²) in [7, 11) is 1.31. The summed E-state index contributed by atoms with van der Waals surface area (Å²) in [6.07, 6.45) is 13.8. The molecule has 1 unspecified atom stereocenters. The molecule has 0 spiro atoms. The van der Waals surface area contributed by atoms with Crippen LogP contribution in [-0.4, -0.2) is 19.3 Å². The molecular weight excluding hydrogens is 243 g/mol. The number of carbonyl (C=O) groups is 1. The van der Waals surface area contributed by atoms with Crippen LogP contribution in [-0.2, 0) is 9.53 Å². The number of alkyl halides is 1. The highest BCUT2D eigenvalue weighted by Crippen LogP contribution is 2.11. The number of carbonyl (C=O) groups excluding carboxylic acids is 1. The van der Waals surface area contributed by atoms with Crippen molar-refractivity contribution in [3.8, 4) is 0 Å². The summed E-state index contributed by atoms with van der Waals surface area (Å²) in [6.45, 7) is 2.20. The van der Waals surface area contributed by atoms with Gasteiger partial charge in [0, 0.05) is 6.08 Å². The summed E-state index contributed by atoms with van der Waals surface area (Å²) in [5, 5.41) is 0. The van der Waals surface area contributed by atoms with Crippen LogP contribution < -0.4 is 0 Å². The first-order chi connectivity index (χ1) is 9.20. The zero-order valence-electron chi connectivity index (χ0n) is 12.2. The zero-order valence-corrected chi connectivity index (χ0v) is 12.2. The Bertz CT molecular complexity index is 272. The van der Waals surface area contributed by atoms with Crippen LogP contribution in [0.2, 0.25) is 0 Å². The first-order valence-corrected chi connectivity index (χ1v) is 7.27. The first-order valence-electron chi connectivity index (χ1n) is 7.27. The van der Waals surface area contributed by atoms with Crippen LogP contribution in [0, 0.1) is 0 Å². The lowest BCUT2D eigenvalue weighted by molar-refractivity contribution is -0.134. The van der Waals surface area contributed by atoms with Crippen molar-refractivity contribution in [2.75, 3.05) is 7.11 Å². The molecule has 1 atom stereocenters. The summed E-state index contributed by atoms with van der Waals surface area (Å²) in [5.74, 6) is -0.424. The van der Waals surface area contributed by atoms with E-state index in [2.05, 4.69) is 11.7 Å². The van der Waals surface area contributed by atoms with E-state index in [4.69, 9.17) is 0 Å². The Morgan fingerprint density at radius 2 is 1.74 bits per heavy atom. The average molecular weight is 270 g/mol. The van der Waals surface area contributed by atoms with E-state index in [0.29, 0.717) is 6.42 Å². The third-order valence-corrected chi connectivity index (χ3v) is 2.95. The minimum Gasteiger partial charge on any atom is -0.466 e. The molecule has 0 amide bonds. The number of ether oxygens (including phenoxy) is 1. The molecule has 19 heavy (non-hydrogen) atoms. The van der Waals surface area contributed by atoms with Gasteiger partial charge in [-0.1, -0.05) is 70.1 Å². The molecule has 2 nitrogen and oxygen atoms in total. The van der Waals surface area contributed by atoms with Gasteiger partial charge in [-0.2, -0.15) is 0 Å². The van der Waals surface area contributed by atoms with E-state index in [0.717, 1.165) is 12.8 Å². The lowest BCUT2D eigenvalue weighted by Crippen LogP contribution is -1.95. The quantitative estimate of drug-likeness (QED) is 0.234. The van der Waals surface area contributed by atoms with E-state index in [1.807, 2.05) is 0 Å². The van der Waals surface area contributed by atoms with Crippen LogP contribution in [0.3, 0.4) is 0 Å². The molecule has 0 aliphatic heterocycles. The summed E-state index contributed by atoms with van der Waals surface area (Å²) in [6, 6.07) is 0. The smallest absolute Gasteiger partial charge is 0.330 e. The van der Waals surface area contributed by atoms with E-state index < -0.39 is 12.1 Å². The maximum atomic E-state index is 13.4. The van der Waals surface area contributed by atoms with Crippen LogP contribution in [0.25, 0.3) is 0 Å². The number of allylic oxidation sites excluding steroid dienone is 3. The van der Waals surface area contributed by atoms with Gasteiger partial charge in [0.05, 0.1) is 7.11 Å². The van der Waals surface area contributed by atoms with Crippen molar-refractivity contribution in [3.05, 3.63) is 24.3 Å². The van der Waals surface area contributed by atoms with E-state index >= 15 is 0 Å². The number of hydrogen-bond acceptors (Lipinski definition) is 2. The minimum absolute atomic E-state index is 0.424. The Balaban J connectivity index is 3.48. The fourth-order valence-electron chi connectivity index (χ4n) is 1.78. The third-order valence-electron chi connectivity index (χ3n) is 2.95. The van der Waals surface area contributed by atoms with E-state index in [1.54, 1.807) is 6.08 Å². The molecule has 3 heteroatoms. The van der Waals surface area contributed by atoms with Gasteiger partial charge in [0.15, 0.2) is 0 Å². The van der Waals surface area contributed by atoms with E-state index in [1.165, 1.54) is 57.4 Å². The number of hydrogen-bond donors (Lipinski definition) is 0. The predicted octanol–water partition coefficient (Wildman–Crippen LogP) is 4.75. The van der Waals surface area contributed by atoms with Crippen LogP contribution in [0.15, 0.2) is 24.3 Å². The van der Waals surface area contributed by atoms with Crippen molar-refractivity contribution >= 4 is 5.97 Å². The molecule has 0 radical (unpaired) electrons. The summed E-state index contributed by atoms with van der Waals surface area (Å²) in [5.41, 5.74) is 0. The SMILES string of the molecule is CCCCCCCCCC(F)/C=C/C=C/C(=O)OC. The molecule has 110 valence electrons. The molecule has 0 N–H and O–H groups in total. The lowest BCUT2D eigenvalue weighted by Gasteiger charge is -2.03. The van der Waals surface area contributed by atoms with Crippen LogP contribution in [0.5, 0.6) is 0 Å². The maximum absolute atomic E-state index is 13.4. The van der Waals surface area contributed by atoms with Crippen molar-refractivity contribution < 1.29 is 13.9 Å². The van der Waals surface area contributed by atoms with Crippen LogP contribution in [0.1, 0.15) is 58.3 Å². The number of methoxy groups -OCH3 is 1. The highest BCUT2D eigenvalue weighted by atomic mass is 19.1. The second kappa shape index (κ2) is 13.3. The molecule has 0 aromatic heterocycles. The zero-order chi connectivity index (χ0) is 14.3. The summed E-state index contributed by atoms with van der Waals surface area (Å²) >= 11 is 0. The molecule has 0 rings (SSSR count). The van der Waals surface area contributed by atoms with Gasteiger partial charge in [-0.05, 0) is 6.42 Å². The molecule has 0 saturated heterocycles. The van der Waals surface area contributed by atoms with Crippen molar-refractivity contribution in [2.24, 2.45) is 0 Å². The Kier molecular flexibility index (Phi) is 12.5. The van der Waals surface area contributed by atoms with E-state index in [-0.39, 0.29) is 0 Å². The Labute approximate surface area is 116 Å². The molecule has 0 aliphatic carbocycles. The van der Waals surface area contributed by atoms with Gasteiger partial charge in [0.25, 0.3) is 0 Å². The highest BCUT2D eigenvalue weighted by molar-refractivity contribution is 5.82. The highest BCUT2D eigenvalue weighted by Gasteiger charge is 2.00. The number of halogens is 1. The maximum Gasteiger partial charge on any atom is 0.330 e. The van der Waals surface area contributed by atoms with E-state index in [9.17, 15) is 9.18 Å². The minimum atomic E-state index is -0.919. The Morgan fingerprint density at radius 3 is 2.37 bits per heavy atom. The summed E-state index contributed by atoms with van der Waals surface area (Å²) in [4.78, 5) is 10.7. The van der Waals surface area contributed by atoms with Gasteiger partial charge in [0.1, 0.15) is 6.17 Å². The molecule has 0 heterocycles. The monoisotopic (exact) mass is 270 g/mol. The first kappa shape index (κ1) is 17.9. The molecule has 0 saturated carbocycles. The van der Waals surface area contributed by atoms with Gasteiger partial charge in [0.2, 0.25) is 0 Å². The van der Waals surface area contributed by atoms with Crippen molar-refractivity contribution in [2.45, 2.75) is 64.5 Å². The normalized spacial score (nSPS) is 13.2. The Hall–Kier alpha value is -1.12. The number of rotatable bonds is 11. The standard InChI is InChI=1S/C16H27FO2/c1-3-4-5-6-7-8-9-12-15(17)13-10-11-14-16(18)19-2/h10-11,13-15H,3-9,12H2,1-2H3/b13-10+,14-11+. The molecule has 0 bridgehead atoms. The van der Waals surface area contributed by atoms with Crippen molar-refractivity contribution in [1.29, 1.82) is 0 Å². The van der Waals surface area contributed by atoms with Crippen molar-refractivity contribution in [1.82, 2.24) is 0 Å². The molecule has 0 aliphatic rings. The Morgan fingerprint density at radius 1 is 1.11 bits per heavy atom. The van der Waals surface area contributed by atoms with Gasteiger partial charge >= 0.3 is 5.97 Å². The molecule has 0 fully saturated rings. The van der Waals surface area contributed by atoms with Gasteiger partial charge in [-0.15, -0.1) is 0 Å². The van der Waals surface area contributed by atoms with Crippen LogP contribution in [0.4, 0.5) is 4.39 Å². The fraction of sp³-hybridized carbons (Fsp3) is 0.688. The second-order valence-corrected chi connectivity index (χ2v) is 4.69. The van der Waals surface area contributed by atoms with Gasteiger partial charge < -0.3 is 4.74 Å². The van der Waals surface area contributed by atoms with Gasteiger partial charge in [-0.25, -0.2) is 9.18 Å². The predicted molar refractivity (Wildman–Crippen MR) is 77.8 cm³/mol. The number of unbranched alkanes of at least 4 members (excludes halogenated alkanes) is 6. The molecule has 0 aromatic rings. The number of esters is 1. The fourth-order valence-corrected chi connectivity index (χ4v) is 1.78. The third kappa shape index (κ3) is 13.1. The lowest BCUT2D eigenvalue weighted by atomic mass is 10.1. The van der Waals surface area contributed by atoms with Crippen molar-refractivity contribution in [3.63, 3.8) is 0 Å². The average Bonchev–Trinajstić information content (AvgIpc) is 2.42. The van der Waals surface area contributed by atoms with Crippen LogP contribution >= 0.6 is 0 Å². The largest absolute Gasteiger partial charge is 0.466 e. The molecule has 0 aromatic carbocycles. The topological polar surface area (TPSA) is 26.3 Å². The second-order valence-electron chi connectivity index (χ2n) is 4.69. The van der Waals surface area contributed by atoms with Gasteiger partial charge in [-0.3, -0.25) is 0 Å². The molecular formula is C16H27FO2.